The van der Waals surface area contributed by atoms with Crippen molar-refractivity contribution in [2.24, 2.45) is 4.99 Å². The number of nitrogens with zero attached hydrogens (tertiary/aromatic N) is 1. The van der Waals surface area contributed by atoms with Gasteiger partial charge in [0.2, 0.25) is 0 Å². The molecule has 3 atom stereocenters. The lowest BCUT2D eigenvalue weighted by Crippen LogP contribution is -2.58. The van der Waals surface area contributed by atoms with Crippen LogP contribution in [-0.2, 0) is 4.74 Å². The van der Waals surface area contributed by atoms with E-state index in [4.69, 9.17) is 4.74 Å². The number of halogens is 1. The number of benzene rings is 1. The largest absolute Gasteiger partial charge is 0.381 e. The van der Waals surface area contributed by atoms with Crippen LogP contribution < -0.4 is 16.0 Å². The molecule has 0 bridgehead atoms. The van der Waals surface area contributed by atoms with E-state index in [9.17, 15) is 0 Å². The number of guanidine groups is 1. The third kappa shape index (κ3) is 7.57. The predicted molar refractivity (Wildman–Crippen MR) is 140 cm³/mol. The van der Waals surface area contributed by atoms with Crippen LogP contribution in [0.1, 0.15) is 57.6 Å². The molecule has 1 saturated carbocycles. The summed E-state index contributed by atoms with van der Waals surface area (Å²) >= 11 is 2.09. The molecule has 2 aliphatic rings. The SMILES string of the molecule is CCSC1CCC(NC(=NC)NCC2(NC(C)c3ccccc3)CCOCC2)C1.I. The summed E-state index contributed by atoms with van der Waals surface area (Å²) in [6.45, 7) is 6.97. The molecule has 3 N–H and O–H groups in total. The minimum absolute atomic E-state index is 0. The number of thioether (sulfide) groups is 1. The van der Waals surface area contributed by atoms with E-state index >= 15 is 0 Å². The fourth-order valence-corrected chi connectivity index (χ4v) is 5.66. The van der Waals surface area contributed by atoms with Crippen LogP contribution >= 0.6 is 35.7 Å². The molecule has 1 aromatic rings. The second kappa shape index (κ2) is 13.1. The van der Waals surface area contributed by atoms with E-state index in [1.54, 1.807) is 0 Å². The van der Waals surface area contributed by atoms with E-state index in [1.807, 2.05) is 7.05 Å². The van der Waals surface area contributed by atoms with Gasteiger partial charge in [-0.1, -0.05) is 37.3 Å². The number of aliphatic imine (C=N–C) groups is 1. The predicted octanol–water partition coefficient (Wildman–Crippen LogP) is 4.34. The van der Waals surface area contributed by atoms with Crippen LogP contribution in [-0.4, -0.2) is 55.3 Å². The minimum atomic E-state index is 0. The molecule has 1 saturated heterocycles. The Morgan fingerprint density at radius 3 is 2.63 bits per heavy atom. The van der Waals surface area contributed by atoms with Gasteiger partial charge < -0.3 is 20.7 Å². The third-order valence-electron chi connectivity index (χ3n) is 6.22. The molecule has 0 aromatic heterocycles. The summed E-state index contributed by atoms with van der Waals surface area (Å²) in [6.07, 6.45) is 5.80. The van der Waals surface area contributed by atoms with Crippen molar-refractivity contribution in [2.45, 2.75) is 68.8 Å². The summed E-state index contributed by atoms with van der Waals surface area (Å²) in [5.41, 5.74) is 1.34. The van der Waals surface area contributed by atoms with Gasteiger partial charge in [-0.05, 0) is 50.3 Å². The summed E-state index contributed by atoms with van der Waals surface area (Å²) in [5.74, 6) is 2.14. The average molecular weight is 547 g/mol. The zero-order valence-electron chi connectivity index (χ0n) is 18.7. The summed E-state index contributed by atoms with van der Waals surface area (Å²) < 4.78 is 5.67. The molecule has 7 heteroatoms. The Kier molecular flexibility index (Phi) is 11.3. The van der Waals surface area contributed by atoms with Crippen LogP contribution in [0.25, 0.3) is 0 Å². The molecule has 3 rings (SSSR count). The molecule has 30 heavy (non-hydrogen) atoms. The summed E-state index contributed by atoms with van der Waals surface area (Å²) in [5, 5.41) is 12.0. The molecule has 2 fully saturated rings. The molecule has 5 nitrogen and oxygen atoms in total. The van der Waals surface area contributed by atoms with Crippen molar-refractivity contribution < 1.29 is 4.74 Å². The highest BCUT2D eigenvalue weighted by atomic mass is 127. The molecular weight excluding hydrogens is 507 g/mol. The van der Waals surface area contributed by atoms with E-state index in [1.165, 1.54) is 30.6 Å². The number of rotatable bonds is 8. The molecule has 170 valence electrons. The standard InChI is InChI=1S/C23H38N4OS.HI/c1-4-29-21-11-10-20(16-21)26-22(24-3)25-17-23(12-14-28-15-13-23)27-18(2)19-8-6-5-7-9-19;/h5-9,18,20-21,27H,4,10-17H2,1-3H3,(H2,24,25,26);1H. The Morgan fingerprint density at radius 2 is 1.97 bits per heavy atom. The summed E-state index contributed by atoms with van der Waals surface area (Å²) in [7, 11) is 1.87. The van der Waals surface area contributed by atoms with Crippen molar-refractivity contribution in [3.8, 4) is 0 Å². The minimum Gasteiger partial charge on any atom is -0.381 e. The monoisotopic (exact) mass is 546 g/mol. The molecule has 0 amide bonds. The summed E-state index contributed by atoms with van der Waals surface area (Å²) in [6, 6.07) is 11.5. The van der Waals surface area contributed by atoms with Crippen molar-refractivity contribution in [1.29, 1.82) is 0 Å². The maximum Gasteiger partial charge on any atom is 0.191 e. The second-order valence-electron chi connectivity index (χ2n) is 8.33. The van der Waals surface area contributed by atoms with Gasteiger partial charge in [0, 0.05) is 49.7 Å². The van der Waals surface area contributed by atoms with Crippen molar-refractivity contribution in [3.05, 3.63) is 35.9 Å². The molecule has 3 unspecified atom stereocenters. The van der Waals surface area contributed by atoms with Crippen LogP contribution in [0.5, 0.6) is 0 Å². The second-order valence-corrected chi connectivity index (χ2v) is 9.90. The van der Waals surface area contributed by atoms with Gasteiger partial charge in [-0.3, -0.25) is 4.99 Å². The Hall–Kier alpha value is -0.510. The highest BCUT2D eigenvalue weighted by molar-refractivity contribution is 14.0. The number of hydrogen-bond donors (Lipinski definition) is 3. The van der Waals surface area contributed by atoms with Gasteiger partial charge in [-0.15, -0.1) is 24.0 Å². The number of ether oxygens (including phenoxy) is 1. The highest BCUT2D eigenvalue weighted by Gasteiger charge is 2.34. The summed E-state index contributed by atoms with van der Waals surface area (Å²) in [4.78, 5) is 4.50. The fraction of sp³-hybridized carbons (Fsp3) is 0.696. The topological polar surface area (TPSA) is 57.7 Å². The van der Waals surface area contributed by atoms with E-state index in [0.717, 1.165) is 43.8 Å². The van der Waals surface area contributed by atoms with Gasteiger partial charge in [-0.2, -0.15) is 11.8 Å². The first-order chi connectivity index (χ1) is 14.1. The lowest BCUT2D eigenvalue weighted by atomic mass is 9.88. The van der Waals surface area contributed by atoms with Gasteiger partial charge in [0.15, 0.2) is 5.96 Å². The van der Waals surface area contributed by atoms with Gasteiger partial charge in [0.1, 0.15) is 0 Å². The van der Waals surface area contributed by atoms with E-state index in [2.05, 4.69) is 76.9 Å². The van der Waals surface area contributed by atoms with Crippen molar-refractivity contribution in [1.82, 2.24) is 16.0 Å². The Morgan fingerprint density at radius 1 is 1.23 bits per heavy atom. The number of nitrogens with one attached hydrogen (secondary N) is 3. The van der Waals surface area contributed by atoms with Gasteiger partial charge in [0.25, 0.3) is 0 Å². The van der Waals surface area contributed by atoms with E-state index in [0.29, 0.717) is 12.1 Å². The first-order valence-electron chi connectivity index (χ1n) is 11.1. The first kappa shape index (κ1) is 25.7. The average Bonchev–Trinajstić information content (AvgIpc) is 3.19. The van der Waals surface area contributed by atoms with Crippen LogP contribution in [0, 0.1) is 0 Å². The fourth-order valence-electron chi connectivity index (χ4n) is 4.52. The Balaban J connectivity index is 0.00000320. The quantitative estimate of drug-likeness (QED) is 0.257. The zero-order valence-corrected chi connectivity index (χ0v) is 21.8. The highest BCUT2D eigenvalue weighted by Crippen LogP contribution is 2.30. The van der Waals surface area contributed by atoms with E-state index < -0.39 is 0 Å². The molecule has 1 aliphatic carbocycles. The Labute approximate surface area is 204 Å². The maximum atomic E-state index is 5.67. The molecular formula is C23H39IN4OS. The van der Waals surface area contributed by atoms with Crippen LogP contribution in [0.15, 0.2) is 35.3 Å². The van der Waals surface area contributed by atoms with Crippen LogP contribution in [0.2, 0.25) is 0 Å². The Bertz CT molecular complexity index is 639. The molecule has 1 heterocycles. The van der Waals surface area contributed by atoms with Crippen molar-refractivity contribution in [2.75, 3.05) is 32.6 Å². The normalized spacial score (nSPS) is 24.7. The smallest absolute Gasteiger partial charge is 0.191 e. The maximum absolute atomic E-state index is 5.67. The zero-order chi connectivity index (χ0) is 20.5. The molecule has 1 aliphatic heterocycles. The molecule has 0 spiro atoms. The van der Waals surface area contributed by atoms with E-state index in [-0.39, 0.29) is 29.5 Å². The molecule has 1 aromatic carbocycles. The first-order valence-corrected chi connectivity index (χ1v) is 12.2. The third-order valence-corrected chi connectivity index (χ3v) is 7.45. The van der Waals surface area contributed by atoms with Gasteiger partial charge in [0.05, 0.1) is 0 Å². The lowest BCUT2D eigenvalue weighted by Gasteiger charge is -2.41. The lowest BCUT2D eigenvalue weighted by molar-refractivity contribution is 0.0354. The molecule has 0 radical (unpaired) electrons. The number of hydrogen-bond acceptors (Lipinski definition) is 4. The van der Waals surface area contributed by atoms with Gasteiger partial charge in [-0.25, -0.2) is 0 Å². The van der Waals surface area contributed by atoms with Gasteiger partial charge >= 0.3 is 0 Å². The van der Waals surface area contributed by atoms with Crippen molar-refractivity contribution in [3.63, 3.8) is 0 Å². The van der Waals surface area contributed by atoms with Crippen LogP contribution in [0.4, 0.5) is 0 Å². The van der Waals surface area contributed by atoms with Crippen molar-refractivity contribution >= 4 is 41.7 Å². The van der Waals surface area contributed by atoms with Crippen LogP contribution in [0.3, 0.4) is 0 Å².